The van der Waals surface area contributed by atoms with Crippen molar-refractivity contribution >= 4 is 0 Å². The number of nitriles is 1. The largest absolute Gasteiger partial charge is 0.388 e. The molecule has 0 saturated carbocycles. The van der Waals surface area contributed by atoms with Crippen molar-refractivity contribution in [2.24, 2.45) is 0 Å². The molecular formula is C15H15FN2O. The molecule has 1 unspecified atom stereocenters. The van der Waals surface area contributed by atoms with Gasteiger partial charge in [-0.05, 0) is 41.8 Å². The number of aliphatic hydroxyl groups excluding tert-OH is 1. The van der Waals surface area contributed by atoms with Crippen LogP contribution in [0.3, 0.4) is 0 Å². The van der Waals surface area contributed by atoms with E-state index >= 15 is 0 Å². The topological polar surface area (TPSA) is 49.0 Å². The van der Waals surface area contributed by atoms with Gasteiger partial charge in [0.25, 0.3) is 0 Å². The van der Waals surface area contributed by atoms with Crippen LogP contribution in [0.25, 0.3) is 0 Å². The monoisotopic (exact) mass is 258 g/mol. The molecule has 0 aliphatic heterocycles. The Morgan fingerprint density at radius 3 is 2.89 bits per heavy atom. The first-order valence-corrected chi connectivity index (χ1v) is 6.16. The molecule has 4 heteroatoms. The average molecular weight is 258 g/mol. The molecular weight excluding hydrogens is 243 g/mol. The van der Waals surface area contributed by atoms with E-state index in [0.717, 1.165) is 5.56 Å². The molecule has 0 aliphatic rings. The van der Waals surface area contributed by atoms with Crippen molar-refractivity contribution in [2.45, 2.75) is 26.0 Å². The highest BCUT2D eigenvalue weighted by Gasteiger charge is 2.08. The van der Waals surface area contributed by atoms with Gasteiger partial charge in [-0.15, -0.1) is 0 Å². The number of hydrogen-bond acceptors (Lipinski definition) is 2. The van der Waals surface area contributed by atoms with Gasteiger partial charge in [0.15, 0.2) is 0 Å². The first-order valence-electron chi connectivity index (χ1n) is 6.16. The molecule has 0 bridgehead atoms. The smallest absolute Gasteiger partial charge is 0.123 e. The lowest BCUT2D eigenvalue weighted by Gasteiger charge is -2.07. The maximum Gasteiger partial charge on any atom is 0.123 e. The summed E-state index contributed by atoms with van der Waals surface area (Å²) in [7, 11) is 0. The van der Waals surface area contributed by atoms with Crippen LogP contribution in [0.1, 0.15) is 36.1 Å². The van der Waals surface area contributed by atoms with Crippen molar-refractivity contribution in [3.05, 3.63) is 59.2 Å². The average Bonchev–Trinajstić information content (AvgIpc) is 2.86. The van der Waals surface area contributed by atoms with E-state index in [0.29, 0.717) is 24.1 Å². The van der Waals surface area contributed by atoms with Crippen molar-refractivity contribution in [1.82, 2.24) is 4.57 Å². The fraction of sp³-hybridized carbons (Fsp3) is 0.267. The Hall–Kier alpha value is -2.12. The summed E-state index contributed by atoms with van der Waals surface area (Å²) in [5.74, 6) is -0.352. The van der Waals surface area contributed by atoms with Gasteiger partial charge in [0.2, 0.25) is 0 Å². The van der Waals surface area contributed by atoms with Crippen molar-refractivity contribution in [3.63, 3.8) is 0 Å². The highest BCUT2D eigenvalue weighted by Crippen LogP contribution is 2.18. The zero-order valence-electron chi connectivity index (χ0n) is 10.7. The summed E-state index contributed by atoms with van der Waals surface area (Å²) >= 11 is 0. The summed E-state index contributed by atoms with van der Waals surface area (Å²) in [6.45, 7) is 2.32. The van der Waals surface area contributed by atoms with E-state index in [1.54, 1.807) is 0 Å². The van der Waals surface area contributed by atoms with Crippen molar-refractivity contribution in [1.29, 1.82) is 5.26 Å². The van der Waals surface area contributed by atoms with Crippen LogP contribution in [-0.4, -0.2) is 9.67 Å². The predicted molar refractivity (Wildman–Crippen MR) is 69.9 cm³/mol. The summed E-state index contributed by atoms with van der Waals surface area (Å²) in [6, 6.07) is 8.02. The molecule has 1 aromatic heterocycles. The second kappa shape index (κ2) is 5.68. The molecule has 2 aromatic rings. The lowest BCUT2D eigenvalue weighted by Crippen LogP contribution is -2.00. The van der Waals surface area contributed by atoms with Crippen LogP contribution in [0.15, 0.2) is 36.7 Å². The number of aliphatic hydroxyl groups is 1. The van der Waals surface area contributed by atoms with E-state index in [-0.39, 0.29) is 5.82 Å². The standard InChI is InChI=1S/C15H15FN2O/c1-2-15(19)12-5-6-18(9-12)10-13-7-14(16)4-3-11(13)8-17/h3-7,9,15,19H,2,10H2,1H3. The van der Waals surface area contributed by atoms with E-state index in [4.69, 9.17) is 5.26 Å². The summed E-state index contributed by atoms with van der Waals surface area (Å²) in [5.41, 5.74) is 1.93. The number of halogens is 1. The minimum absolute atomic E-state index is 0.352. The number of benzene rings is 1. The van der Waals surface area contributed by atoms with Gasteiger partial charge in [0.05, 0.1) is 17.7 Å². The lowest BCUT2D eigenvalue weighted by molar-refractivity contribution is 0.173. The molecule has 0 amide bonds. The maximum absolute atomic E-state index is 13.2. The van der Waals surface area contributed by atoms with Gasteiger partial charge in [0.1, 0.15) is 5.82 Å². The zero-order chi connectivity index (χ0) is 13.8. The van der Waals surface area contributed by atoms with Gasteiger partial charge < -0.3 is 9.67 Å². The number of nitrogens with zero attached hydrogens (tertiary/aromatic N) is 2. The first kappa shape index (κ1) is 13.3. The van der Waals surface area contributed by atoms with Gasteiger partial charge in [0, 0.05) is 18.9 Å². The Morgan fingerprint density at radius 1 is 1.42 bits per heavy atom. The van der Waals surface area contributed by atoms with E-state index < -0.39 is 6.10 Å². The van der Waals surface area contributed by atoms with Crippen LogP contribution in [0.4, 0.5) is 4.39 Å². The Bertz CT molecular complexity index is 613. The lowest BCUT2D eigenvalue weighted by atomic mass is 10.1. The molecule has 0 aliphatic carbocycles. The molecule has 1 atom stereocenters. The maximum atomic E-state index is 13.2. The van der Waals surface area contributed by atoms with Gasteiger partial charge in [-0.1, -0.05) is 6.92 Å². The summed E-state index contributed by atoms with van der Waals surface area (Å²) in [5, 5.41) is 18.7. The van der Waals surface area contributed by atoms with Crippen LogP contribution in [0.5, 0.6) is 0 Å². The van der Waals surface area contributed by atoms with Crippen molar-refractivity contribution in [2.75, 3.05) is 0 Å². The second-order valence-electron chi connectivity index (χ2n) is 4.45. The quantitative estimate of drug-likeness (QED) is 0.916. The third kappa shape index (κ3) is 3.01. The molecule has 1 heterocycles. The molecule has 19 heavy (non-hydrogen) atoms. The van der Waals surface area contributed by atoms with Crippen LogP contribution in [-0.2, 0) is 6.54 Å². The minimum atomic E-state index is -0.482. The van der Waals surface area contributed by atoms with Crippen LogP contribution < -0.4 is 0 Å². The summed E-state index contributed by atoms with van der Waals surface area (Å²) < 4.78 is 15.1. The van der Waals surface area contributed by atoms with Crippen molar-refractivity contribution in [3.8, 4) is 6.07 Å². The molecule has 98 valence electrons. The van der Waals surface area contributed by atoms with Crippen LogP contribution in [0, 0.1) is 17.1 Å². The van der Waals surface area contributed by atoms with Crippen LogP contribution in [0.2, 0.25) is 0 Å². The zero-order valence-corrected chi connectivity index (χ0v) is 10.7. The third-order valence-electron chi connectivity index (χ3n) is 3.09. The molecule has 1 aromatic carbocycles. The van der Waals surface area contributed by atoms with Crippen LogP contribution >= 0.6 is 0 Å². The second-order valence-corrected chi connectivity index (χ2v) is 4.45. The van der Waals surface area contributed by atoms with Gasteiger partial charge in [-0.25, -0.2) is 4.39 Å². The Morgan fingerprint density at radius 2 is 2.21 bits per heavy atom. The van der Waals surface area contributed by atoms with E-state index in [2.05, 4.69) is 6.07 Å². The Kier molecular flexibility index (Phi) is 3.98. The molecule has 0 fully saturated rings. The molecule has 1 N–H and O–H groups in total. The Labute approximate surface area is 111 Å². The SMILES string of the molecule is CCC(O)c1ccn(Cc2cc(F)ccc2C#N)c1. The molecule has 2 rings (SSSR count). The number of hydrogen-bond donors (Lipinski definition) is 1. The highest BCUT2D eigenvalue weighted by molar-refractivity contribution is 5.38. The van der Waals surface area contributed by atoms with Gasteiger partial charge in [-0.3, -0.25) is 0 Å². The molecule has 0 saturated heterocycles. The Balaban J connectivity index is 2.24. The highest BCUT2D eigenvalue weighted by atomic mass is 19.1. The number of rotatable bonds is 4. The summed E-state index contributed by atoms with van der Waals surface area (Å²) in [6.07, 6.45) is 3.80. The fourth-order valence-electron chi connectivity index (χ4n) is 1.99. The third-order valence-corrected chi connectivity index (χ3v) is 3.09. The number of aromatic nitrogens is 1. The van der Waals surface area contributed by atoms with E-state index in [1.165, 1.54) is 18.2 Å². The van der Waals surface area contributed by atoms with E-state index in [1.807, 2.05) is 30.0 Å². The van der Waals surface area contributed by atoms with E-state index in [9.17, 15) is 9.50 Å². The normalized spacial score (nSPS) is 12.1. The minimum Gasteiger partial charge on any atom is -0.388 e. The molecule has 3 nitrogen and oxygen atoms in total. The molecule has 0 radical (unpaired) electrons. The van der Waals surface area contributed by atoms with Crippen molar-refractivity contribution < 1.29 is 9.50 Å². The summed E-state index contributed by atoms with van der Waals surface area (Å²) in [4.78, 5) is 0. The van der Waals surface area contributed by atoms with Gasteiger partial charge >= 0.3 is 0 Å². The molecule has 0 spiro atoms. The predicted octanol–water partition coefficient (Wildman–Crippen LogP) is 2.99. The van der Waals surface area contributed by atoms with Gasteiger partial charge in [-0.2, -0.15) is 5.26 Å². The first-order chi connectivity index (χ1) is 9.13. The fourth-order valence-corrected chi connectivity index (χ4v) is 1.99.